The zero-order valence-corrected chi connectivity index (χ0v) is 13.7. The smallest absolute Gasteiger partial charge is 0.293 e. The minimum Gasteiger partial charge on any atom is -0.365 e. The number of fused-ring (bicyclic) bond motifs is 2. The first-order valence-corrected chi connectivity index (χ1v) is 8.55. The van der Waals surface area contributed by atoms with Gasteiger partial charge in [0.15, 0.2) is 11.2 Å². The van der Waals surface area contributed by atoms with Gasteiger partial charge in [0.25, 0.3) is 5.56 Å². The van der Waals surface area contributed by atoms with E-state index in [4.69, 9.17) is 10.3 Å². The number of H-pyrrole nitrogens is 1. The van der Waals surface area contributed by atoms with Gasteiger partial charge in [-0.15, -0.1) is 0 Å². The first kappa shape index (κ1) is 15.6. The van der Waals surface area contributed by atoms with Crippen molar-refractivity contribution in [3.63, 3.8) is 0 Å². The van der Waals surface area contributed by atoms with Crippen molar-refractivity contribution >= 4 is 27.7 Å². The van der Waals surface area contributed by atoms with E-state index in [9.17, 15) is 14.0 Å². The summed E-state index contributed by atoms with van der Waals surface area (Å²) in [6.45, 7) is 0.782. The third-order valence-corrected chi connectivity index (χ3v) is 5.23. The van der Waals surface area contributed by atoms with Crippen LogP contribution in [0, 0.1) is 11.6 Å². The Kier molecular flexibility index (Phi) is 3.09. The minimum atomic E-state index is -0.831. The van der Waals surface area contributed by atoms with Crippen LogP contribution in [0.15, 0.2) is 20.2 Å². The van der Waals surface area contributed by atoms with Gasteiger partial charge in [0.2, 0.25) is 11.1 Å². The Bertz CT molecular complexity index is 1170. The summed E-state index contributed by atoms with van der Waals surface area (Å²) in [7, 11) is 0. The molecule has 7 nitrogen and oxygen atoms in total. The quantitative estimate of drug-likeness (QED) is 0.722. The van der Waals surface area contributed by atoms with Crippen molar-refractivity contribution in [1.82, 2.24) is 9.72 Å². The molecule has 2 fully saturated rings. The third kappa shape index (κ3) is 2.00. The van der Waals surface area contributed by atoms with E-state index in [1.165, 1.54) is 4.57 Å². The molecule has 136 valence electrons. The Hall–Kier alpha value is -2.68. The highest BCUT2D eigenvalue weighted by molar-refractivity contribution is 5.93. The standard InChI is InChI=1S/C17H16F2N4O3/c18-10-5-9-13(12(19)14(10)22-4-3-7(20)6-22)23(8-1-2-8)17-11(15(9)24)16(25)21-26-17/h5,7-8H,1-4,6,20H2,(H,21,25). The van der Waals surface area contributed by atoms with E-state index in [1.807, 2.05) is 0 Å². The molecule has 0 spiro atoms. The number of benzene rings is 1. The van der Waals surface area contributed by atoms with Gasteiger partial charge in [-0.2, -0.15) is 5.16 Å². The van der Waals surface area contributed by atoms with Crippen LogP contribution in [-0.4, -0.2) is 28.9 Å². The highest BCUT2D eigenvalue weighted by Crippen LogP contribution is 2.41. The number of hydrogen-bond acceptors (Lipinski definition) is 5. The summed E-state index contributed by atoms with van der Waals surface area (Å²) in [6.07, 6.45) is 2.17. The molecular weight excluding hydrogens is 346 g/mol. The second-order valence-corrected chi connectivity index (χ2v) is 7.06. The van der Waals surface area contributed by atoms with E-state index in [2.05, 4.69) is 5.16 Å². The van der Waals surface area contributed by atoms with Gasteiger partial charge >= 0.3 is 0 Å². The summed E-state index contributed by atoms with van der Waals surface area (Å²) in [4.78, 5) is 26.2. The van der Waals surface area contributed by atoms with Gasteiger partial charge in [-0.1, -0.05) is 0 Å². The molecule has 1 saturated carbocycles. The molecule has 0 radical (unpaired) electrons. The van der Waals surface area contributed by atoms with Crippen LogP contribution in [-0.2, 0) is 0 Å². The molecule has 1 aliphatic carbocycles. The normalized spacial score (nSPS) is 20.6. The molecular formula is C17H16F2N4O3. The number of aromatic nitrogens is 2. The molecule has 1 aliphatic heterocycles. The Balaban J connectivity index is 1.92. The van der Waals surface area contributed by atoms with Crippen molar-refractivity contribution in [2.45, 2.75) is 31.3 Å². The summed E-state index contributed by atoms with van der Waals surface area (Å²) in [5.74, 6) is -1.65. The van der Waals surface area contributed by atoms with Crippen LogP contribution in [0.4, 0.5) is 14.5 Å². The lowest BCUT2D eigenvalue weighted by Gasteiger charge is -2.21. The largest absolute Gasteiger partial charge is 0.365 e. The highest BCUT2D eigenvalue weighted by atomic mass is 19.1. The van der Waals surface area contributed by atoms with E-state index in [-0.39, 0.29) is 39.8 Å². The average molecular weight is 362 g/mol. The van der Waals surface area contributed by atoms with Crippen molar-refractivity contribution in [2.24, 2.45) is 5.73 Å². The van der Waals surface area contributed by atoms with Crippen molar-refractivity contribution in [3.8, 4) is 0 Å². The molecule has 0 amide bonds. The second-order valence-electron chi connectivity index (χ2n) is 7.06. The van der Waals surface area contributed by atoms with E-state index in [1.54, 1.807) is 4.90 Å². The van der Waals surface area contributed by atoms with Crippen molar-refractivity contribution in [2.75, 3.05) is 18.0 Å². The molecule has 5 rings (SSSR count). The number of nitrogens with two attached hydrogens (primary N) is 1. The zero-order chi connectivity index (χ0) is 18.2. The SMILES string of the molecule is NC1CCN(c2c(F)cc3c(=O)c4c(=O)[nH]oc4n(C4CC4)c3c2F)C1. The fourth-order valence-corrected chi connectivity index (χ4v) is 3.87. The molecule has 2 aliphatic rings. The van der Waals surface area contributed by atoms with Gasteiger partial charge in [-0.05, 0) is 25.3 Å². The third-order valence-electron chi connectivity index (χ3n) is 5.23. The first-order chi connectivity index (χ1) is 12.5. The molecule has 26 heavy (non-hydrogen) atoms. The summed E-state index contributed by atoms with van der Waals surface area (Å²) < 4.78 is 36.9. The predicted molar refractivity (Wildman–Crippen MR) is 91.6 cm³/mol. The Morgan fingerprint density at radius 2 is 2.00 bits per heavy atom. The Labute approximate surface area is 144 Å². The summed E-state index contributed by atoms with van der Waals surface area (Å²) in [6, 6.07) is 0.776. The number of rotatable bonds is 2. The fourth-order valence-electron chi connectivity index (χ4n) is 3.87. The number of halogens is 2. The maximum atomic E-state index is 15.5. The van der Waals surface area contributed by atoms with E-state index < -0.39 is 22.6 Å². The van der Waals surface area contributed by atoms with Crippen LogP contribution < -0.4 is 21.6 Å². The monoisotopic (exact) mass is 362 g/mol. The van der Waals surface area contributed by atoms with Crippen molar-refractivity contribution in [1.29, 1.82) is 0 Å². The molecule has 3 heterocycles. The summed E-state index contributed by atoms with van der Waals surface area (Å²) >= 11 is 0. The van der Waals surface area contributed by atoms with Crippen LogP contribution in [0.5, 0.6) is 0 Å². The molecule has 9 heteroatoms. The van der Waals surface area contributed by atoms with Crippen molar-refractivity contribution in [3.05, 3.63) is 38.3 Å². The fraction of sp³-hybridized carbons (Fsp3) is 0.412. The van der Waals surface area contributed by atoms with E-state index in [0.717, 1.165) is 18.9 Å². The van der Waals surface area contributed by atoms with Gasteiger partial charge in [-0.3, -0.25) is 9.59 Å². The van der Waals surface area contributed by atoms with Crippen molar-refractivity contribution < 1.29 is 13.3 Å². The lowest BCUT2D eigenvalue weighted by atomic mass is 10.1. The number of hydrogen-bond donors (Lipinski definition) is 2. The second kappa shape index (κ2) is 5.16. The Morgan fingerprint density at radius 1 is 1.23 bits per heavy atom. The molecule has 1 atom stereocenters. The maximum absolute atomic E-state index is 15.5. The lowest BCUT2D eigenvalue weighted by Crippen LogP contribution is -2.28. The van der Waals surface area contributed by atoms with Gasteiger partial charge < -0.3 is 19.7 Å². The topological polar surface area (TPSA) is 97.3 Å². The van der Waals surface area contributed by atoms with Gasteiger partial charge in [-0.25, -0.2) is 8.78 Å². The number of pyridine rings is 1. The number of aromatic amines is 1. The Morgan fingerprint density at radius 3 is 2.65 bits per heavy atom. The highest BCUT2D eigenvalue weighted by Gasteiger charge is 2.34. The van der Waals surface area contributed by atoms with Gasteiger partial charge in [0.1, 0.15) is 11.5 Å². The van der Waals surface area contributed by atoms with Crippen LogP contribution in [0.1, 0.15) is 25.3 Å². The lowest BCUT2D eigenvalue weighted by molar-refractivity contribution is 0.428. The predicted octanol–water partition coefficient (Wildman–Crippen LogP) is 1.59. The molecule has 1 saturated heterocycles. The van der Waals surface area contributed by atoms with E-state index >= 15 is 4.39 Å². The summed E-state index contributed by atoms with van der Waals surface area (Å²) in [5.41, 5.74) is 4.24. The van der Waals surface area contributed by atoms with Crippen LogP contribution >= 0.6 is 0 Å². The molecule has 1 aromatic carbocycles. The van der Waals surface area contributed by atoms with Gasteiger partial charge in [0.05, 0.1) is 10.9 Å². The number of nitrogens with one attached hydrogen (secondary N) is 1. The van der Waals surface area contributed by atoms with Crippen LogP contribution in [0.2, 0.25) is 0 Å². The minimum absolute atomic E-state index is 0.00424. The summed E-state index contributed by atoms with van der Waals surface area (Å²) in [5, 5.41) is 1.77. The molecule has 0 bridgehead atoms. The van der Waals surface area contributed by atoms with E-state index in [0.29, 0.717) is 19.5 Å². The van der Waals surface area contributed by atoms with Gasteiger partial charge in [0, 0.05) is 25.2 Å². The average Bonchev–Trinajstić information content (AvgIpc) is 3.23. The van der Waals surface area contributed by atoms with Crippen LogP contribution in [0.3, 0.4) is 0 Å². The molecule has 2 aromatic heterocycles. The molecule has 3 N–H and O–H groups in total. The first-order valence-electron chi connectivity index (χ1n) is 8.55. The number of nitrogens with zero attached hydrogens (tertiary/aromatic N) is 2. The molecule has 1 unspecified atom stereocenters. The maximum Gasteiger partial charge on any atom is 0.293 e. The zero-order valence-electron chi connectivity index (χ0n) is 13.7. The van der Waals surface area contributed by atoms with Crippen LogP contribution in [0.25, 0.3) is 22.0 Å². The molecule has 3 aromatic rings. The number of anilines is 1.